The van der Waals surface area contributed by atoms with Crippen LogP contribution in [0.1, 0.15) is 48.1 Å². The van der Waals surface area contributed by atoms with Crippen molar-refractivity contribution in [1.29, 1.82) is 0 Å². The molecule has 2 aliphatic heterocycles. The maximum atomic E-state index is 13.4. The number of aliphatic hydroxyl groups excluding tert-OH is 1. The topological polar surface area (TPSA) is 253 Å². The zero-order chi connectivity index (χ0) is 34.8. The monoisotopic (exact) mass is 727 g/mol. The summed E-state index contributed by atoms with van der Waals surface area (Å²) in [6, 6.07) is 10.3. The molecule has 0 spiro atoms. The van der Waals surface area contributed by atoms with Crippen LogP contribution in [0.15, 0.2) is 64.4 Å². The van der Waals surface area contributed by atoms with Crippen molar-refractivity contribution in [2.45, 2.75) is 72.8 Å². The second-order valence-corrected chi connectivity index (χ2v) is 12.2. The standard InChI is InChI=1S/C20H27N4O8P.C8H11N3O4.2CH4/c1-13(2)30-19(25)14(3)23-33(27,32-15-7-5-4-6-8-15)29-12-18-28-11-17(31-18)24-10-9-16(21)22-20(24)26;9-5-1-2-11(8(13)10-5)6-4-14-7(3-12)15-6;;/h4-10,13-14,17-18H,11-12H2,1-3H3,(H,23,27)(H2,21,22,26);1-2,6-7,12H,3-4H2,(H2,9,10,13);2*1H4/t14-,17-,18-,33+;6-,7-;;/m00../s1. The molecule has 0 radical (unpaired) electrons. The summed E-state index contributed by atoms with van der Waals surface area (Å²) in [6.45, 7) is 4.58. The van der Waals surface area contributed by atoms with E-state index >= 15 is 0 Å². The minimum atomic E-state index is -4.06. The molecule has 5 rings (SSSR count). The van der Waals surface area contributed by atoms with Crippen LogP contribution < -0.4 is 32.5 Å². The summed E-state index contributed by atoms with van der Waals surface area (Å²) >= 11 is 0. The smallest absolute Gasteiger partial charge is 0.459 e. The highest BCUT2D eigenvalue weighted by molar-refractivity contribution is 7.52. The maximum absolute atomic E-state index is 13.4. The van der Waals surface area contributed by atoms with Gasteiger partial charge in [-0.25, -0.2) is 14.2 Å². The molecule has 4 heterocycles. The van der Waals surface area contributed by atoms with E-state index in [1.807, 2.05) is 0 Å². The van der Waals surface area contributed by atoms with E-state index in [-0.39, 0.29) is 64.8 Å². The van der Waals surface area contributed by atoms with Crippen molar-refractivity contribution in [3.8, 4) is 5.75 Å². The second-order valence-electron chi connectivity index (χ2n) is 10.5. The second kappa shape index (κ2) is 19.3. The van der Waals surface area contributed by atoms with Gasteiger partial charge in [0, 0.05) is 12.4 Å². The summed E-state index contributed by atoms with van der Waals surface area (Å²) in [7, 11) is -4.06. The number of rotatable bonds is 12. The number of aromatic nitrogens is 4. The van der Waals surface area contributed by atoms with Crippen LogP contribution in [0.25, 0.3) is 0 Å². The highest BCUT2D eigenvalue weighted by Gasteiger charge is 2.36. The van der Waals surface area contributed by atoms with Gasteiger partial charge < -0.3 is 44.8 Å². The molecule has 50 heavy (non-hydrogen) atoms. The minimum Gasteiger partial charge on any atom is -0.462 e. The molecule has 19 nitrogen and oxygen atoms in total. The van der Waals surface area contributed by atoms with Crippen LogP contribution in [-0.4, -0.2) is 81.3 Å². The molecule has 6 N–H and O–H groups in total. The average Bonchev–Trinajstić information content (AvgIpc) is 3.71. The molecule has 6 atom stereocenters. The van der Waals surface area contributed by atoms with E-state index in [1.54, 1.807) is 44.2 Å². The molecule has 2 fully saturated rings. The van der Waals surface area contributed by atoms with Crippen LogP contribution in [0, 0.1) is 0 Å². The van der Waals surface area contributed by atoms with Gasteiger partial charge in [-0.3, -0.25) is 18.5 Å². The lowest BCUT2D eigenvalue weighted by atomic mass is 10.3. The largest absolute Gasteiger partial charge is 0.462 e. The number of esters is 1. The molecule has 0 saturated carbocycles. The third-order valence-corrected chi connectivity index (χ3v) is 7.99. The van der Waals surface area contributed by atoms with E-state index in [2.05, 4.69) is 15.1 Å². The van der Waals surface area contributed by atoms with Crippen molar-refractivity contribution >= 4 is 25.4 Å². The molecule has 2 saturated heterocycles. The Morgan fingerprint density at radius 2 is 1.46 bits per heavy atom. The van der Waals surface area contributed by atoms with Crippen molar-refractivity contribution in [1.82, 2.24) is 24.2 Å². The van der Waals surface area contributed by atoms with Crippen molar-refractivity contribution in [3.05, 3.63) is 75.8 Å². The maximum Gasteiger partial charge on any atom is 0.459 e. The number of carbonyl (C=O) groups excluding carboxylic acids is 1. The molecular weight excluding hydrogens is 681 g/mol. The number of para-hydroxylation sites is 1. The van der Waals surface area contributed by atoms with Crippen molar-refractivity contribution in [2.75, 3.05) is 37.9 Å². The first-order valence-corrected chi connectivity index (χ1v) is 16.2. The first-order valence-electron chi connectivity index (χ1n) is 14.7. The Morgan fingerprint density at radius 1 is 0.940 bits per heavy atom. The van der Waals surface area contributed by atoms with Crippen LogP contribution >= 0.6 is 7.75 Å². The van der Waals surface area contributed by atoms with Crippen LogP contribution in [0.5, 0.6) is 5.75 Å². The zero-order valence-corrected chi connectivity index (χ0v) is 27.2. The summed E-state index contributed by atoms with van der Waals surface area (Å²) in [4.78, 5) is 42.8. The van der Waals surface area contributed by atoms with E-state index < -0.39 is 56.2 Å². The van der Waals surface area contributed by atoms with Crippen LogP contribution in [0.4, 0.5) is 11.6 Å². The lowest BCUT2D eigenvalue weighted by Crippen LogP contribution is -2.36. The minimum absolute atomic E-state index is 0. The van der Waals surface area contributed by atoms with Crippen molar-refractivity contribution in [2.24, 2.45) is 0 Å². The Labute approximate surface area is 289 Å². The number of nitrogen functional groups attached to an aromatic ring is 2. The number of aliphatic hydroxyl groups is 1. The third-order valence-electron chi connectivity index (χ3n) is 6.35. The highest BCUT2D eigenvalue weighted by atomic mass is 31.2. The van der Waals surface area contributed by atoms with Gasteiger partial charge in [0.1, 0.15) is 30.0 Å². The molecule has 0 amide bonds. The molecule has 0 aliphatic carbocycles. The molecule has 2 aliphatic rings. The van der Waals surface area contributed by atoms with Gasteiger partial charge in [-0.15, -0.1) is 0 Å². The van der Waals surface area contributed by atoms with Crippen LogP contribution in [-0.2, 0) is 37.6 Å². The zero-order valence-electron chi connectivity index (χ0n) is 26.3. The summed E-state index contributed by atoms with van der Waals surface area (Å²) < 4.78 is 53.6. The number of hydrogen-bond acceptors (Lipinski definition) is 16. The third kappa shape index (κ3) is 12.0. The fourth-order valence-corrected chi connectivity index (χ4v) is 5.62. The first-order chi connectivity index (χ1) is 22.9. The van der Waals surface area contributed by atoms with Gasteiger partial charge in [0.05, 0.1) is 25.9 Å². The fourth-order valence-electron chi connectivity index (χ4n) is 4.15. The number of ether oxygens (including phenoxy) is 5. The summed E-state index contributed by atoms with van der Waals surface area (Å²) in [5.41, 5.74) is 9.75. The molecular formula is C30H46N7O12P. The van der Waals surface area contributed by atoms with Crippen LogP contribution in [0.2, 0.25) is 0 Å². The van der Waals surface area contributed by atoms with E-state index in [4.69, 9.17) is 49.3 Å². The Balaban J connectivity index is 0.000000428. The van der Waals surface area contributed by atoms with Gasteiger partial charge in [0.2, 0.25) is 0 Å². The van der Waals surface area contributed by atoms with Gasteiger partial charge in [-0.1, -0.05) is 33.1 Å². The van der Waals surface area contributed by atoms with Crippen molar-refractivity contribution in [3.63, 3.8) is 0 Å². The molecule has 0 bridgehead atoms. The Kier molecular flexibility index (Phi) is 16.2. The molecule has 0 unspecified atom stereocenters. The predicted octanol–water partition coefficient (Wildman–Crippen LogP) is 1.79. The fraction of sp³-hybridized carbons (Fsp3) is 0.500. The highest BCUT2D eigenvalue weighted by Crippen LogP contribution is 2.45. The number of hydrogen-bond donors (Lipinski definition) is 4. The number of carbonyl (C=O) groups is 1. The first kappa shape index (κ1) is 42.0. The molecule has 2 aromatic heterocycles. The predicted molar refractivity (Wildman–Crippen MR) is 181 cm³/mol. The van der Waals surface area contributed by atoms with E-state index in [9.17, 15) is 18.9 Å². The Morgan fingerprint density at radius 3 is 1.94 bits per heavy atom. The lowest BCUT2D eigenvalue weighted by Gasteiger charge is -2.24. The summed E-state index contributed by atoms with van der Waals surface area (Å²) in [5, 5.41) is 11.3. The SMILES string of the molecule is C.C.CC(C)OC(=O)[C@H](C)N[P@@](=O)(OC[C@H]1OC[C@@H](n2ccc(N)nc2=O)O1)Oc1ccccc1.Nc1ccn([C@@H]2CO[C@H](CO)O2)c(=O)n1. The average molecular weight is 728 g/mol. The number of benzene rings is 1. The van der Waals surface area contributed by atoms with Gasteiger partial charge in [-0.05, 0) is 45.0 Å². The number of nitrogens with zero attached hydrogens (tertiary/aromatic N) is 4. The number of anilines is 2. The van der Waals surface area contributed by atoms with Crippen LogP contribution in [0.3, 0.4) is 0 Å². The normalized spacial score (nSPS) is 21.5. The van der Waals surface area contributed by atoms with E-state index in [0.29, 0.717) is 0 Å². The number of nitrogens with one attached hydrogen (secondary N) is 1. The summed E-state index contributed by atoms with van der Waals surface area (Å²) in [5.74, 6) is -0.100. The quantitative estimate of drug-likeness (QED) is 0.153. The molecule has 3 aromatic rings. The van der Waals surface area contributed by atoms with Gasteiger partial charge in [0.25, 0.3) is 0 Å². The molecule has 278 valence electrons. The summed E-state index contributed by atoms with van der Waals surface area (Å²) in [6.07, 6.45) is -0.371. The lowest BCUT2D eigenvalue weighted by molar-refractivity contribution is -0.149. The molecule has 1 aromatic carbocycles. The van der Waals surface area contributed by atoms with Crippen molar-refractivity contribution < 1.29 is 47.2 Å². The van der Waals surface area contributed by atoms with Gasteiger partial charge >= 0.3 is 25.1 Å². The van der Waals surface area contributed by atoms with Gasteiger partial charge in [-0.2, -0.15) is 15.1 Å². The van der Waals surface area contributed by atoms with E-state index in [1.165, 1.54) is 40.6 Å². The Hall–Kier alpha value is -4.20. The Bertz CT molecular complexity index is 1680. The molecule has 20 heteroatoms. The number of nitrogens with two attached hydrogens (primary N) is 2. The van der Waals surface area contributed by atoms with Gasteiger partial charge in [0.15, 0.2) is 25.0 Å². The van der Waals surface area contributed by atoms with E-state index in [0.717, 1.165) is 0 Å².